The first kappa shape index (κ1) is 15.6. The topological polar surface area (TPSA) is 46.5 Å². The van der Waals surface area contributed by atoms with Gasteiger partial charge in [-0.05, 0) is 30.2 Å². The molecule has 0 bridgehead atoms. The molecule has 4 heteroatoms. The quantitative estimate of drug-likeness (QED) is 0.723. The predicted molar refractivity (Wildman–Crippen MR) is 93.4 cm³/mol. The van der Waals surface area contributed by atoms with Gasteiger partial charge in [0.1, 0.15) is 5.75 Å². The number of carboxylic acids is 1. The normalized spacial score (nSPS) is 12.2. The summed E-state index contributed by atoms with van der Waals surface area (Å²) in [6.45, 7) is 2.11. The number of fused-ring (bicyclic) bond motifs is 1. The van der Waals surface area contributed by atoms with E-state index < -0.39 is 12.1 Å². The maximum absolute atomic E-state index is 11.6. The molecule has 3 aromatic rings. The van der Waals surface area contributed by atoms with Crippen LogP contribution in [-0.4, -0.2) is 17.2 Å². The van der Waals surface area contributed by atoms with Crippen LogP contribution >= 0.6 is 11.3 Å². The van der Waals surface area contributed by atoms with E-state index in [4.69, 9.17) is 4.74 Å². The van der Waals surface area contributed by atoms with Crippen LogP contribution in [-0.2, 0) is 17.6 Å². The van der Waals surface area contributed by atoms with Crippen LogP contribution < -0.4 is 4.74 Å². The Kier molecular flexibility index (Phi) is 4.63. The van der Waals surface area contributed by atoms with Crippen LogP contribution in [0.3, 0.4) is 0 Å². The minimum absolute atomic E-state index is 0.345. The smallest absolute Gasteiger partial charge is 0.345 e. The molecule has 0 radical (unpaired) electrons. The highest BCUT2D eigenvalue weighted by atomic mass is 32.1. The van der Waals surface area contributed by atoms with E-state index >= 15 is 0 Å². The average molecular weight is 326 g/mol. The summed E-state index contributed by atoms with van der Waals surface area (Å²) in [4.78, 5) is 12.9. The molecule has 3 rings (SSSR count). The molecular weight excluding hydrogens is 308 g/mol. The number of carbonyl (C=O) groups is 1. The van der Waals surface area contributed by atoms with Gasteiger partial charge in [0.05, 0.1) is 0 Å². The molecule has 0 aliphatic rings. The lowest BCUT2D eigenvalue weighted by molar-refractivity contribution is -0.144. The van der Waals surface area contributed by atoms with Crippen molar-refractivity contribution < 1.29 is 14.6 Å². The average Bonchev–Trinajstić information content (AvgIpc) is 2.99. The number of aryl methyl sites for hydroxylation is 1. The molecule has 0 aliphatic carbocycles. The number of rotatable bonds is 6. The van der Waals surface area contributed by atoms with E-state index in [1.54, 1.807) is 11.3 Å². The highest BCUT2D eigenvalue weighted by Gasteiger charge is 2.21. The van der Waals surface area contributed by atoms with Crippen LogP contribution in [0.2, 0.25) is 0 Å². The molecule has 1 aromatic heterocycles. The lowest BCUT2D eigenvalue weighted by Crippen LogP contribution is -2.29. The fourth-order valence-electron chi connectivity index (χ4n) is 2.52. The Morgan fingerprint density at radius 3 is 2.65 bits per heavy atom. The molecular formula is C19H18O3S. The van der Waals surface area contributed by atoms with E-state index in [0.717, 1.165) is 22.1 Å². The number of ether oxygens (including phenoxy) is 1. The molecule has 118 valence electrons. The lowest BCUT2D eigenvalue weighted by Gasteiger charge is -2.16. The standard InChI is InChI=1S/C19H18O3S/c1-2-14-12-15-16(9-6-10-18(15)23-14)22-17(19(20)21)11-13-7-4-3-5-8-13/h3-10,12,17H,2,11H2,1H3,(H,20,21). The molecule has 0 saturated carbocycles. The number of hydrogen-bond donors (Lipinski definition) is 1. The molecule has 1 atom stereocenters. The van der Waals surface area contributed by atoms with Crippen molar-refractivity contribution in [1.82, 2.24) is 0 Å². The van der Waals surface area contributed by atoms with Crippen LogP contribution in [0.1, 0.15) is 17.4 Å². The number of benzene rings is 2. The maximum Gasteiger partial charge on any atom is 0.345 e. The van der Waals surface area contributed by atoms with Crippen molar-refractivity contribution in [3.8, 4) is 5.75 Å². The fraction of sp³-hybridized carbons (Fsp3) is 0.211. The first-order chi connectivity index (χ1) is 11.2. The van der Waals surface area contributed by atoms with Crippen molar-refractivity contribution in [2.45, 2.75) is 25.9 Å². The predicted octanol–water partition coefficient (Wildman–Crippen LogP) is 4.54. The first-order valence-corrected chi connectivity index (χ1v) is 8.44. The van der Waals surface area contributed by atoms with Gasteiger partial charge in [-0.25, -0.2) is 4.79 Å². The van der Waals surface area contributed by atoms with Gasteiger partial charge in [0.2, 0.25) is 0 Å². The summed E-state index contributed by atoms with van der Waals surface area (Å²) in [6, 6.07) is 17.4. The van der Waals surface area contributed by atoms with Crippen molar-refractivity contribution in [2.75, 3.05) is 0 Å². The molecule has 0 amide bonds. The molecule has 1 unspecified atom stereocenters. The van der Waals surface area contributed by atoms with E-state index in [2.05, 4.69) is 13.0 Å². The molecule has 23 heavy (non-hydrogen) atoms. The van der Waals surface area contributed by atoms with Crippen molar-refractivity contribution in [3.05, 3.63) is 65.0 Å². The van der Waals surface area contributed by atoms with Gasteiger partial charge in [-0.1, -0.05) is 43.3 Å². The summed E-state index contributed by atoms with van der Waals surface area (Å²) >= 11 is 1.72. The van der Waals surface area contributed by atoms with E-state index in [0.29, 0.717) is 12.2 Å². The summed E-state index contributed by atoms with van der Waals surface area (Å²) in [5.74, 6) is -0.307. The third-order valence-electron chi connectivity index (χ3n) is 3.73. The van der Waals surface area contributed by atoms with Crippen LogP contribution in [0, 0.1) is 0 Å². The second kappa shape index (κ2) is 6.84. The van der Waals surface area contributed by atoms with Crippen LogP contribution in [0.15, 0.2) is 54.6 Å². The Morgan fingerprint density at radius 2 is 1.96 bits per heavy atom. The number of carboxylic acid groups (broad SMARTS) is 1. The minimum Gasteiger partial charge on any atom is -0.478 e. The molecule has 0 aliphatic heterocycles. The number of hydrogen-bond acceptors (Lipinski definition) is 3. The second-order valence-corrected chi connectivity index (χ2v) is 6.54. The third kappa shape index (κ3) is 3.54. The fourth-order valence-corrected chi connectivity index (χ4v) is 3.54. The van der Waals surface area contributed by atoms with Gasteiger partial charge in [0, 0.05) is 21.4 Å². The molecule has 3 nitrogen and oxygen atoms in total. The Labute approximate surface area is 139 Å². The van der Waals surface area contributed by atoms with Gasteiger partial charge in [-0.3, -0.25) is 0 Å². The van der Waals surface area contributed by atoms with Gasteiger partial charge in [0.15, 0.2) is 6.10 Å². The van der Waals surface area contributed by atoms with Gasteiger partial charge in [-0.15, -0.1) is 11.3 Å². The zero-order valence-corrected chi connectivity index (χ0v) is 13.7. The molecule has 0 fully saturated rings. The summed E-state index contributed by atoms with van der Waals surface area (Å²) in [6.07, 6.45) is 0.413. The third-order valence-corrected chi connectivity index (χ3v) is 4.97. The van der Waals surface area contributed by atoms with E-state index in [-0.39, 0.29) is 0 Å². The molecule has 1 N–H and O–H groups in total. The zero-order valence-electron chi connectivity index (χ0n) is 12.9. The van der Waals surface area contributed by atoms with Crippen LogP contribution in [0.4, 0.5) is 0 Å². The van der Waals surface area contributed by atoms with Crippen LogP contribution in [0.5, 0.6) is 5.75 Å². The number of thiophene rings is 1. The van der Waals surface area contributed by atoms with Crippen molar-refractivity contribution in [2.24, 2.45) is 0 Å². The van der Waals surface area contributed by atoms with Gasteiger partial charge in [0.25, 0.3) is 0 Å². The Hall–Kier alpha value is -2.33. The summed E-state index contributed by atoms with van der Waals surface area (Å²) in [5, 5.41) is 10.5. The van der Waals surface area contributed by atoms with E-state index in [9.17, 15) is 9.90 Å². The molecule has 1 heterocycles. The van der Waals surface area contributed by atoms with Crippen LogP contribution in [0.25, 0.3) is 10.1 Å². The molecule has 0 saturated heterocycles. The first-order valence-electron chi connectivity index (χ1n) is 7.62. The molecule has 2 aromatic carbocycles. The Bertz CT molecular complexity index is 808. The zero-order chi connectivity index (χ0) is 16.2. The largest absolute Gasteiger partial charge is 0.478 e. The van der Waals surface area contributed by atoms with Gasteiger partial charge >= 0.3 is 5.97 Å². The SMILES string of the molecule is CCc1cc2c(OC(Cc3ccccc3)C(=O)O)cccc2s1. The van der Waals surface area contributed by atoms with Gasteiger partial charge < -0.3 is 9.84 Å². The van der Waals surface area contributed by atoms with Gasteiger partial charge in [-0.2, -0.15) is 0 Å². The van der Waals surface area contributed by atoms with Crippen molar-refractivity contribution >= 4 is 27.4 Å². The molecule has 0 spiro atoms. The summed E-state index contributed by atoms with van der Waals surface area (Å²) < 4.78 is 6.99. The Morgan fingerprint density at radius 1 is 1.17 bits per heavy atom. The monoisotopic (exact) mass is 326 g/mol. The number of aliphatic carboxylic acids is 1. The van der Waals surface area contributed by atoms with E-state index in [1.807, 2.05) is 48.5 Å². The highest BCUT2D eigenvalue weighted by molar-refractivity contribution is 7.19. The Balaban J connectivity index is 1.88. The lowest BCUT2D eigenvalue weighted by atomic mass is 10.1. The van der Waals surface area contributed by atoms with E-state index in [1.165, 1.54) is 4.88 Å². The maximum atomic E-state index is 11.6. The van der Waals surface area contributed by atoms with Crippen molar-refractivity contribution in [3.63, 3.8) is 0 Å². The van der Waals surface area contributed by atoms with Crippen molar-refractivity contribution in [1.29, 1.82) is 0 Å². The highest BCUT2D eigenvalue weighted by Crippen LogP contribution is 2.33. The summed E-state index contributed by atoms with van der Waals surface area (Å²) in [5.41, 5.74) is 0.951. The summed E-state index contributed by atoms with van der Waals surface area (Å²) in [7, 11) is 0. The minimum atomic E-state index is -0.947. The second-order valence-electron chi connectivity index (χ2n) is 5.37.